The number of hydrogen-bond donors (Lipinski definition) is 1. The van der Waals surface area contributed by atoms with Crippen LogP contribution >= 0.6 is 0 Å². The molecule has 1 aromatic rings. The fourth-order valence-corrected chi connectivity index (χ4v) is 1.85. The van der Waals surface area contributed by atoms with E-state index in [9.17, 15) is 4.79 Å². The Bertz CT molecular complexity index is 353. The van der Waals surface area contributed by atoms with Crippen molar-refractivity contribution in [3.8, 4) is 0 Å². The molecule has 0 aromatic heterocycles. The summed E-state index contributed by atoms with van der Waals surface area (Å²) in [7, 11) is 0. The molecule has 0 fully saturated rings. The first kappa shape index (κ1) is 11.8. The Morgan fingerprint density at radius 2 is 2.07 bits per heavy atom. The molecule has 0 aliphatic heterocycles. The molecule has 0 atom stereocenters. The third-order valence-corrected chi connectivity index (χ3v) is 2.39. The molecule has 0 aliphatic carbocycles. The van der Waals surface area contributed by atoms with Gasteiger partial charge in [-0.25, -0.2) is 0 Å². The number of rotatable bonds is 4. The summed E-state index contributed by atoms with van der Waals surface area (Å²) in [5.74, 6) is -0.729. The Morgan fingerprint density at radius 3 is 2.60 bits per heavy atom. The summed E-state index contributed by atoms with van der Waals surface area (Å²) >= 11 is 0. The van der Waals surface area contributed by atoms with Crippen LogP contribution in [0.1, 0.15) is 31.4 Å². The monoisotopic (exact) mass is 206 g/mol. The topological polar surface area (TPSA) is 37.3 Å². The van der Waals surface area contributed by atoms with Gasteiger partial charge in [0, 0.05) is 0 Å². The normalized spacial score (nSPS) is 11.4. The lowest BCUT2D eigenvalue weighted by molar-refractivity contribution is -0.139. The van der Waals surface area contributed by atoms with Crippen LogP contribution in [0.4, 0.5) is 0 Å². The van der Waals surface area contributed by atoms with Crippen molar-refractivity contribution in [1.82, 2.24) is 0 Å². The molecule has 82 valence electrons. The third kappa shape index (κ3) is 4.15. The van der Waals surface area contributed by atoms with Crippen molar-refractivity contribution in [2.45, 2.75) is 33.6 Å². The second-order valence-electron chi connectivity index (χ2n) is 4.90. The van der Waals surface area contributed by atoms with Crippen LogP contribution in [0.5, 0.6) is 0 Å². The van der Waals surface area contributed by atoms with Gasteiger partial charge in [-0.1, -0.05) is 43.7 Å². The van der Waals surface area contributed by atoms with E-state index >= 15 is 0 Å². The maximum atomic E-state index is 10.7. The maximum absolute atomic E-state index is 10.7. The molecule has 2 nitrogen and oxygen atoms in total. The van der Waals surface area contributed by atoms with Gasteiger partial charge < -0.3 is 5.11 Å². The predicted molar refractivity (Wildman–Crippen MR) is 60.9 cm³/mol. The number of carbonyl (C=O) groups is 1. The van der Waals surface area contributed by atoms with Crippen LogP contribution in [-0.4, -0.2) is 11.1 Å². The van der Waals surface area contributed by atoms with Crippen molar-refractivity contribution < 1.29 is 9.90 Å². The molecular weight excluding hydrogens is 188 g/mol. The van der Waals surface area contributed by atoms with Crippen molar-refractivity contribution in [2.24, 2.45) is 5.41 Å². The second-order valence-corrected chi connectivity index (χ2v) is 4.90. The number of benzene rings is 1. The molecular formula is C13H18O2. The van der Waals surface area contributed by atoms with Gasteiger partial charge >= 0.3 is 5.97 Å². The fraction of sp³-hybridized carbons (Fsp3) is 0.462. The lowest BCUT2D eigenvalue weighted by atomic mass is 9.82. The van der Waals surface area contributed by atoms with E-state index in [-0.39, 0.29) is 11.8 Å². The van der Waals surface area contributed by atoms with Gasteiger partial charge in [0.15, 0.2) is 0 Å². The summed E-state index contributed by atoms with van der Waals surface area (Å²) in [6.07, 6.45) is 1.02. The number of hydrogen-bond acceptors (Lipinski definition) is 1. The van der Waals surface area contributed by atoms with Crippen LogP contribution in [0.2, 0.25) is 0 Å². The highest BCUT2D eigenvalue weighted by molar-refractivity contribution is 5.67. The zero-order valence-corrected chi connectivity index (χ0v) is 9.58. The molecule has 0 bridgehead atoms. The van der Waals surface area contributed by atoms with Crippen molar-refractivity contribution >= 4 is 5.97 Å². The molecule has 0 heterocycles. The van der Waals surface area contributed by atoms with Gasteiger partial charge in [0.1, 0.15) is 0 Å². The molecule has 15 heavy (non-hydrogen) atoms. The molecule has 0 unspecified atom stereocenters. The Hall–Kier alpha value is -1.31. The molecule has 0 radical (unpaired) electrons. The van der Waals surface area contributed by atoms with Gasteiger partial charge in [0.05, 0.1) is 6.42 Å². The second kappa shape index (κ2) is 4.47. The number of carboxylic acid groups (broad SMARTS) is 1. The van der Waals surface area contributed by atoms with Crippen LogP contribution in [-0.2, 0) is 11.2 Å². The van der Waals surface area contributed by atoms with Crippen molar-refractivity contribution in [2.75, 3.05) is 0 Å². The molecule has 0 saturated heterocycles. The summed E-state index contributed by atoms with van der Waals surface area (Å²) < 4.78 is 0. The number of carboxylic acids is 1. The first-order valence-corrected chi connectivity index (χ1v) is 5.16. The Balaban J connectivity index is 2.72. The standard InChI is InChI=1S/C13H18O2/c1-10-5-4-6-11(7-10)8-13(2,3)9-12(14)15/h4-7H,8-9H2,1-3H3,(H,14,15). The van der Waals surface area contributed by atoms with E-state index in [0.717, 1.165) is 6.42 Å². The van der Waals surface area contributed by atoms with Crippen molar-refractivity contribution in [3.63, 3.8) is 0 Å². The van der Waals surface area contributed by atoms with Crippen LogP contribution in [0.3, 0.4) is 0 Å². The quantitative estimate of drug-likeness (QED) is 0.822. The van der Waals surface area contributed by atoms with Crippen molar-refractivity contribution in [1.29, 1.82) is 0 Å². The van der Waals surface area contributed by atoms with Gasteiger partial charge in [0.25, 0.3) is 0 Å². The van der Waals surface area contributed by atoms with Crippen LogP contribution in [0, 0.1) is 12.3 Å². The molecule has 0 saturated carbocycles. The smallest absolute Gasteiger partial charge is 0.303 e. The summed E-state index contributed by atoms with van der Waals surface area (Å²) in [5, 5.41) is 8.78. The molecule has 2 heteroatoms. The minimum atomic E-state index is -0.729. The minimum absolute atomic E-state index is 0.181. The molecule has 1 rings (SSSR count). The molecule has 1 aromatic carbocycles. The van der Waals surface area contributed by atoms with E-state index in [2.05, 4.69) is 12.1 Å². The predicted octanol–water partition coefficient (Wildman–Crippen LogP) is 3.04. The summed E-state index contributed by atoms with van der Waals surface area (Å²) in [4.78, 5) is 10.7. The van der Waals surface area contributed by atoms with E-state index < -0.39 is 5.97 Å². The number of aryl methyl sites for hydroxylation is 1. The van der Waals surface area contributed by atoms with E-state index in [4.69, 9.17) is 5.11 Å². The molecule has 0 amide bonds. The largest absolute Gasteiger partial charge is 0.481 e. The molecule has 1 N–H and O–H groups in total. The van der Waals surface area contributed by atoms with Crippen LogP contribution in [0.15, 0.2) is 24.3 Å². The highest BCUT2D eigenvalue weighted by atomic mass is 16.4. The van der Waals surface area contributed by atoms with Gasteiger partial charge in [-0.05, 0) is 24.3 Å². The van der Waals surface area contributed by atoms with Crippen molar-refractivity contribution in [3.05, 3.63) is 35.4 Å². The van der Waals surface area contributed by atoms with Crippen LogP contribution < -0.4 is 0 Å². The Labute approximate surface area is 90.9 Å². The molecule has 0 spiro atoms. The summed E-state index contributed by atoms with van der Waals surface area (Å²) in [5.41, 5.74) is 2.25. The Kier molecular flexibility index (Phi) is 3.51. The fourth-order valence-electron chi connectivity index (χ4n) is 1.85. The summed E-state index contributed by atoms with van der Waals surface area (Å²) in [6, 6.07) is 8.23. The van der Waals surface area contributed by atoms with Gasteiger partial charge in [-0.3, -0.25) is 4.79 Å². The van der Waals surface area contributed by atoms with Gasteiger partial charge in [0.2, 0.25) is 0 Å². The van der Waals surface area contributed by atoms with Crippen LogP contribution in [0.25, 0.3) is 0 Å². The van der Waals surface area contributed by atoms with E-state index in [0.29, 0.717) is 0 Å². The van der Waals surface area contributed by atoms with E-state index in [1.807, 2.05) is 32.9 Å². The van der Waals surface area contributed by atoms with E-state index in [1.165, 1.54) is 11.1 Å². The van der Waals surface area contributed by atoms with Gasteiger partial charge in [-0.2, -0.15) is 0 Å². The average Bonchev–Trinajstić information content (AvgIpc) is 1.99. The first-order chi connectivity index (χ1) is 6.89. The maximum Gasteiger partial charge on any atom is 0.303 e. The minimum Gasteiger partial charge on any atom is -0.481 e. The highest BCUT2D eigenvalue weighted by Crippen LogP contribution is 2.26. The lowest BCUT2D eigenvalue weighted by Crippen LogP contribution is -2.19. The first-order valence-electron chi connectivity index (χ1n) is 5.16. The highest BCUT2D eigenvalue weighted by Gasteiger charge is 2.22. The van der Waals surface area contributed by atoms with E-state index in [1.54, 1.807) is 0 Å². The third-order valence-electron chi connectivity index (χ3n) is 2.39. The van der Waals surface area contributed by atoms with Gasteiger partial charge in [-0.15, -0.1) is 0 Å². The Morgan fingerprint density at radius 1 is 1.40 bits per heavy atom. The SMILES string of the molecule is Cc1cccc(CC(C)(C)CC(=O)O)c1. The summed E-state index contributed by atoms with van der Waals surface area (Å²) in [6.45, 7) is 6.03. The average molecular weight is 206 g/mol. The number of aliphatic carboxylic acids is 1. The zero-order chi connectivity index (χ0) is 11.5. The lowest BCUT2D eigenvalue weighted by Gasteiger charge is -2.22. The molecule has 0 aliphatic rings. The zero-order valence-electron chi connectivity index (χ0n) is 9.58.